The highest BCUT2D eigenvalue weighted by atomic mass is 32.2. The van der Waals surface area contributed by atoms with E-state index in [0.717, 1.165) is 37.0 Å². The van der Waals surface area contributed by atoms with Crippen molar-refractivity contribution >= 4 is 39.1 Å². The highest BCUT2D eigenvalue weighted by Crippen LogP contribution is 2.39. The lowest BCUT2D eigenvalue weighted by atomic mass is 10.1. The second-order valence-electron chi connectivity index (χ2n) is 4.84. The first kappa shape index (κ1) is 15.8. The van der Waals surface area contributed by atoms with Gasteiger partial charge in [0.2, 0.25) is 10.0 Å². The van der Waals surface area contributed by atoms with Gasteiger partial charge in [0.15, 0.2) is 0 Å². The summed E-state index contributed by atoms with van der Waals surface area (Å²) in [7, 11) is -3.62. The fraction of sp³-hybridized carbons (Fsp3) is 0.583. The zero-order valence-electron chi connectivity index (χ0n) is 11.1. The molecule has 0 atom stereocenters. The molecule has 20 heavy (non-hydrogen) atoms. The van der Waals surface area contributed by atoms with Crippen molar-refractivity contribution < 1.29 is 18.3 Å². The first-order valence-corrected chi connectivity index (χ1v) is 9.79. The Morgan fingerprint density at radius 1 is 1.45 bits per heavy atom. The summed E-state index contributed by atoms with van der Waals surface area (Å²) in [6, 6.07) is 2.67. The van der Waals surface area contributed by atoms with Gasteiger partial charge in [0.05, 0.1) is 0 Å². The third-order valence-electron chi connectivity index (χ3n) is 3.59. The molecule has 0 saturated heterocycles. The van der Waals surface area contributed by atoms with Gasteiger partial charge in [-0.15, -0.1) is 11.3 Å². The number of carboxylic acid groups (broad SMARTS) is 1. The number of thiophene rings is 1. The Morgan fingerprint density at radius 3 is 2.60 bits per heavy atom. The van der Waals surface area contributed by atoms with Crippen LogP contribution in [-0.4, -0.2) is 37.0 Å². The highest BCUT2D eigenvalue weighted by molar-refractivity contribution is 8.00. The van der Waals surface area contributed by atoms with E-state index in [9.17, 15) is 13.2 Å². The van der Waals surface area contributed by atoms with Crippen LogP contribution in [0.3, 0.4) is 0 Å². The number of thioether (sulfide) groups is 1. The fourth-order valence-corrected chi connectivity index (χ4v) is 5.67. The summed E-state index contributed by atoms with van der Waals surface area (Å²) >= 11 is 2.49. The number of nitrogens with one attached hydrogen (secondary N) is 1. The maximum Gasteiger partial charge on any atom is 0.345 e. The quantitative estimate of drug-likeness (QED) is 0.834. The van der Waals surface area contributed by atoms with Crippen LogP contribution >= 0.6 is 23.1 Å². The van der Waals surface area contributed by atoms with Crippen LogP contribution in [0.2, 0.25) is 0 Å². The number of aromatic carboxylic acids is 1. The van der Waals surface area contributed by atoms with E-state index in [0.29, 0.717) is 6.54 Å². The lowest BCUT2D eigenvalue weighted by molar-refractivity contribution is 0.0702. The van der Waals surface area contributed by atoms with Crippen LogP contribution in [0.25, 0.3) is 0 Å². The Hall–Kier alpha value is -0.570. The molecule has 0 unspecified atom stereocenters. The average Bonchev–Trinajstić information content (AvgIpc) is 3.07. The smallest absolute Gasteiger partial charge is 0.345 e. The van der Waals surface area contributed by atoms with Gasteiger partial charge in [-0.2, -0.15) is 11.8 Å². The third-order valence-corrected chi connectivity index (χ3v) is 7.97. The molecule has 0 aliphatic heterocycles. The molecule has 0 amide bonds. The molecule has 1 aliphatic rings. The van der Waals surface area contributed by atoms with Crippen molar-refractivity contribution in [2.75, 3.05) is 12.8 Å². The second kappa shape index (κ2) is 6.05. The largest absolute Gasteiger partial charge is 0.477 e. The van der Waals surface area contributed by atoms with Gasteiger partial charge in [-0.25, -0.2) is 17.9 Å². The molecule has 112 valence electrons. The van der Waals surface area contributed by atoms with Crippen LogP contribution in [0.5, 0.6) is 0 Å². The van der Waals surface area contributed by atoms with Crippen molar-refractivity contribution in [2.24, 2.45) is 0 Å². The van der Waals surface area contributed by atoms with Crippen LogP contribution in [0.1, 0.15) is 35.4 Å². The van der Waals surface area contributed by atoms with E-state index < -0.39 is 16.0 Å². The fourth-order valence-electron chi connectivity index (χ4n) is 2.35. The Balaban J connectivity index is 2.08. The molecule has 1 aromatic rings. The lowest BCUT2D eigenvalue weighted by Gasteiger charge is -2.26. The molecule has 1 aliphatic carbocycles. The third kappa shape index (κ3) is 3.36. The zero-order valence-corrected chi connectivity index (χ0v) is 13.5. The number of hydrogen-bond acceptors (Lipinski definition) is 5. The Kier molecular flexibility index (Phi) is 4.78. The number of sulfonamides is 1. The second-order valence-corrected chi connectivity index (χ2v) is 9.19. The van der Waals surface area contributed by atoms with Crippen molar-refractivity contribution in [3.8, 4) is 0 Å². The lowest BCUT2D eigenvalue weighted by Crippen LogP contribution is -2.38. The maximum absolute atomic E-state index is 12.2. The normalized spacial score (nSPS) is 18.2. The van der Waals surface area contributed by atoms with Gasteiger partial charge in [-0.1, -0.05) is 12.8 Å². The van der Waals surface area contributed by atoms with Gasteiger partial charge >= 0.3 is 5.97 Å². The molecule has 1 heterocycles. The van der Waals surface area contributed by atoms with Gasteiger partial charge in [0.25, 0.3) is 0 Å². The summed E-state index contributed by atoms with van der Waals surface area (Å²) in [4.78, 5) is 10.8. The highest BCUT2D eigenvalue weighted by Gasteiger charge is 2.34. The molecule has 1 fully saturated rings. The van der Waals surface area contributed by atoms with Crippen LogP contribution in [-0.2, 0) is 10.0 Å². The molecular weight excluding hydrogens is 318 g/mol. The molecule has 8 heteroatoms. The average molecular weight is 335 g/mol. The van der Waals surface area contributed by atoms with E-state index >= 15 is 0 Å². The minimum Gasteiger partial charge on any atom is -0.477 e. The summed E-state index contributed by atoms with van der Waals surface area (Å²) in [6.45, 7) is 0.400. The van der Waals surface area contributed by atoms with Crippen LogP contribution < -0.4 is 4.72 Å². The number of carbonyl (C=O) groups is 1. The molecule has 1 aromatic heterocycles. The van der Waals surface area contributed by atoms with Crippen molar-refractivity contribution in [1.82, 2.24) is 4.72 Å². The Labute approximate surface area is 126 Å². The Bertz CT molecular complexity index is 588. The van der Waals surface area contributed by atoms with E-state index in [2.05, 4.69) is 4.72 Å². The first-order chi connectivity index (χ1) is 9.38. The number of rotatable bonds is 6. The van der Waals surface area contributed by atoms with Gasteiger partial charge in [-0.3, -0.25) is 0 Å². The van der Waals surface area contributed by atoms with E-state index in [-0.39, 0.29) is 13.8 Å². The van der Waals surface area contributed by atoms with Crippen molar-refractivity contribution in [3.05, 3.63) is 17.0 Å². The van der Waals surface area contributed by atoms with Gasteiger partial charge < -0.3 is 5.11 Å². The predicted octanol–water partition coefficient (Wildman–Crippen LogP) is 2.40. The van der Waals surface area contributed by atoms with Crippen LogP contribution in [0, 0.1) is 0 Å². The van der Waals surface area contributed by atoms with Crippen LogP contribution in [0.4, 0.5) is 0 Å². The summed E-state index contributed by atoms with van der Waals surface area (Å²) < 4.78 is 27.0. The molecule has 0 aromatic carbocycles. The summed E-state index contributed by atoms with van der Waals surface area (Å²) in [5.74, 6) is -1.10. The summed E-state index contributed by atoms with van der Waals surface area (Å²) in [5, 5.41) is 8.84. The van der Waals surface area contributed by atoms with Crippen molar-refractivity contribution in [2.45, 2.75) is 34.6 Å². The SMILES string of the molecule is CSC1(CNS(=O)(=O)c2ccc(C(=O)O)s2)CCCC1. The minimum absolute atomic E-state index is 0.0139. The van der Waals surface area contributed by atoms with E-state index in [1.807, 2.05) is 6.26 Å². The zero-order chi connectivity index (χ0) is 14.8. The van der Waals surface area contributed by atoms with Crippen molar-refractivity contribution in [1.29, 1.82) is 0 Å². The van der Waals surface area contributed by atoms with E-state index in [4.69, 9.17) is 5.11 Å². The summed E-state index contributed by atoms with van der Waals surface area (Å²) in [6.07, 6.45) is 6.30. The summed E-state index contributed by atoms with van der Waals surface area (Å²) in [5.41, 5.74) is 0. The molecule has 2 rings (SSSR count). The van der Waals surface area contributed by atoms with Gasteiger partial charge in [0.1, 0.15) is 9.09 Å². The molecule has 0 bridgehead atoms. The van der Waals surface area contributed by atoms with Gasteiger partial charge in [-0.05, 0) is 31.2 Å². The van der Waals surface area contributed by atoms with E-state index in [1.165, 1.54) is 12.1 Å². The predicted molar refractivity (Wildman–Crippen MR) is 81.2 cm³/mol. The number of hydrogen-bond donors (Lipinski definition) is 2. The molecule has 2 N–H and O–H groups in total. The monoisotopic (exact) mass is 335 g/mol. The van der Waals surface area contributed by atoms with Crippen molar-refractivity contribution in [3.63, 3.8) is 0 Å². The molecule has 0 spiro atoms. The molecular formula is C12H17NO4S3. The van der Waals surface area contributed by atoms with Crippen LogP contribution in [0.15, 0.2) is 16.3 Å². The standard InChI is InChI=1S/C12H17NO4S3/c1-18-12(6-2-3-7-12)8-13-20(16,17)10-5-4-9(19-10)11(14)15/h4-5,13H,2-3,6-8H2,1H3,(H,14,15). The topological polar surface area (TPSA) is 83.5 Å². The molecule has 5 nitrogen and oxygen atoms in total. The molecule has 0 radical (unpaired) electrons. The Morgan fingerprint density at radius 2 is 2.10 bits per heavy atom. The number of carboxylic acids is 1. The first-order valence-electron chi connectivity index (χ1n) is 6.26. The molecule has 1 saturated carbocycles. The van der Waals surface area contributed by atoms with Gasteiger partial charge in [0, 0.05) is 11.3 Å². The minimum atomic E-state index is -3.62. The van der Waals surface area contributed by atoms with E-state index in [1.54, 1.807) is 11.8 Å². The maximum atomic E-state index is 12.2.